The maximum absolute atomic E-state index is 11.9. The van der Waals surface area contributed by atoms with Crippen LogP contribution in [0.1, 0.15) is 6.92 Å². The van der Waals surface area contributed by atoms with Crippen molar-refractivity contribution in [1.29, 1.82) is 0 Å². The van der Waals surface area contributed by atoms with Crippen LogP contribution in [-0.2, 0) is 4.79 Å². The van der Waals surface area contributed by atoms with Gasteiger partial charge in [0.05, 0.1) is 0 Å². The number of ether oxygens (including phenoxy) is 1. The molecule has 0 unspecified atom stereocenters. The Kier molecular flexibility index (Phi) is 4.44. The quantitative estimate of drug-likeness (QED) is 0.904. The molecule has 1 aliphatic rings. The van der Waals surface area contributed by atoms with Gasteiger partial charge in [0.2, 0.25) is 0 Å². The number of halogens is 1. The number of rotatable bonds is 3. The number of hydrogen-bond donors (Lipinski definition) is 1. The second-order valence-electron chi connectivity index (χ2n) is 4.44. The molecule has 1 aromatic rings. The fraction of sp³-hybridized carbons (Fsp3) is 0.462. The van der Waals surface area contributed by atoms with Gasteiger partial charge in [0.1, 0.15) is 5.75 Å². The van der Waals surface area contributed by atoms with Crippen LogP contribution in [0.3, 0.4) is 0 Å². The number of carbonyl (C=O) groups is 1. The Hall–Kier alpha value is -1.26. The predicted molar refractivity (Wildman–Crippen MR) is 71.0 cm³/mol. The van der Waals surface area contributed by atoms with E-state index in [9.17, 15) is 4.79 Å². The van der Waals surface area contributed by atoms with Gasteiger partial charge in [0.15, 0.2) is 6.61 Å². The van der Waals surface area contributed by atoms with Crippen LogP contribution in [0.4, 0.5) is 0 Å². The van der Waals surface area contributed by atoms with E-state index in [-0.39, 0.29) is 12.5 Å². The summed E-state index contributed by atoms with van der Waals surface area (Å²) in [6, 6.07) is 7.41. The van der Waals surface area contributed by atoms with Gasteiger partial charge in [0.25, 0.3) is 5.91 Å². The van der Waals surface area contributed by atoms with E-state index in [0.29, 0.717) is 16.8 Å². The van der Waals surface area contributed by atoms with Gasteiger partial charge in [-0.05, 0) is 25.1 Å². The van der Waals surface area contributed by atoms with Crippen LogP contribution in [0.25, 0.3) is 0 Å². The predicted octanol–water partition coefficient (Wildman–Crippen LogP) is 1.54. The average Bonchev–Trinajstić information content (AvgIpc) is 2.36. The largest absolute Gasteiger partial charge is 0.484 e. The Balaban J connectivity index is 1.84. The summed E-state index contributed by atoms with van der Waals surface area (Å²) < 4.78 is 5.44. The van der Waals surface area contributed by atoms with Gasteiger partial charge in [-0.25, -0.2) is 0 Å². The number of hydrogen-bond acceptors (Lipinski definition) is 3. The van der Waals surface area contributed by atoms with Crippen LogP contribution in [-0.4, -0.2) is 43.1 Å². The minimum atomic E-state index is 0.0170. The second-order valence-corrected chi connectivity index (χ2v) is 4.88. The Bertz CT molecular complexity index is 425. The zero-order valence-electron chi connectivity index (χ0n) is 10.4. The van der Waals surface area contributed by atoms with Gasteiger partial charge in [0, 0.05) is 30.7 Å². The van der Waals surface area contributed by atoms with E-state index in [4.69, 9.17) is 16.3 Å². The molecule has 0 radical (unpaired) electrons. The molecule has 1 N–H and O–H groups in total. The molecule has 0 bridgehead atoms. The molecule has 1 aromatic carbocycles. The molecular weight excluding hydrogens is 252 g/mol. The van der Waals surface area contributed by atoms with E-state index in [1.807, 2.05) is 4.90 Å². The highest BCUT2D eigenvalue weighted by molar-refractivity contribution is 6.30. The monoisotopic (exact) mass is 268 g/mol. The summed E-state index contributed by atoms with van der Waals surface area (Å²) in [7, 11) is 0. The fourth-order valence-electron chi connectivity index (χ4n) is 1.95. The Morgan fingerprint density at radius 1 is 1.61 bits per heavy atom. The van der Waals surface area contributed by atoms with Crippen LogP contribution in [0.5, 0.6) is 5.75 Å². The molecule has 0 spiro atoms. The summed E-state index contributed by atoms with van der Waals surface area (Å²) in [6.45, 7) is 4.44. The molecule has 1 amide bonds. The highest BCUT2D eigenvalue weighted by Crippen LogP contribution is 2.17. The van der Waals surface area contributed by atoms with Crippen LogP contribution in [0, 0.1) is 0 Å². The summed E-state index contributed by atoms with van der Waals surface area (Å²) in [6.07, 6.45) is 0. The highest BCUT2D eigenvalue weighted by atomic mass is 35.5. The van der Waals surface area contributed by atoms with Gasteiger partial charge in [-0.2, -0.15) is 0 Å². The van der Waals surface area contributed by atoms with Gasteiger partial charge in [-0.15, -0.1) is 0 Å². The lowest BCUT2D eigenvalue weighted by molar-refractivity contribution is -0.134. The lowest BCUT2D eigenvalue weighted by Gasteiger charge is -2.31. The second kappa shape index (κ2) is 6.07. The molecule has 1 atom stereocenters. The number of nitrogens with zero attached hydrogens (tertiary/aromatic N) is 1. The first-order valence-electron chi connectivity index (χ1n) is 6.04. The minimum absolute atomic E-state index is 0.0170. The van der Waals surface area contributed by atoms with Crippen LogP contribution >= 0.6 is 11.6 Å². The first-order chi connectivity index (χ1) is 8.65. The fourth-order valence-corrected chi connectivity index (χ4v) is 2.13. The third-order valence-corrected chi connectivity index (χ3v) is 3.11. The minimum Gasteiger partial charge on any atom is -0.484 e. The van der Waals surface area contributed by atoms with Crippen LogP contribution < -0.4 is 10.1 Å². The van der Waals surface area contributed by atoms with Crippen molar-refractivity contribution in [2.24, 2.45) is 0 Å². The molecule has 2 rings (SSSR count). The SMILES string of the molecule is C[C@@H]1CN(C(=O)COc2cccc(Cl)c2)CCN1. The van der Waals surface area contributed by atoms with Crippen molar-refractivity contribution >= 4 is 17.5 Å². The molecule has 1 heterocycles. The molecule has 98 valence electrons. The number of nitrogens with one attached hydrogen (secondary N) is 1. The van der Waals surface area contributed by atoms with Crippen molar-refractivity contribution in [1.82, 2.24) is 10.2 Å². The van der Waals surface area contributed by atoms with Gasteiger partial charge < -0.3 is 15.0 Å². The summed E-state index contributed by atoms with van der Waals surface area (Å²) in [5.41, 5.74) is 0. The molecule has 1 aliphatic heterocycles. The van der Waals surface area contributed by atoms with E-state index in [2.05, 4.69) is 12.2 Å². The standard InChI is InChI=1S/C13H17ClN2O2/c1-10-8-16(6-5-15-10)13(17)9-18-12-4-2-3-11(14)7-12/h2-4,7,10,15H,5-6,8-9H2,1H3/t10-/m1/s1. The summed E-state index contributed by atoms with van der Waals surface area (Å²) in [4.78, 5) is 13.8. The number of piperazine rings is 1. The van der Waals surface area contributed by atoms with Crippen LogP contribution in [0.15, 0.2) is 24.3 Å². The molecule has 1 saturated heterocycles. The van der Waals surface area contributed by atoms with E-state index < -0.39 is 0 Å². The van der Waals surface area contributed by atoms with Crippen molar-refractivity contribution in [3.8, 4) is 5.75 Å². The first kappa shape index (κ1) is 13.2. The first-order valence-corrected chi connectivity index (χ1v) is 6.42. The molecule has 5 heteroatoms. The Morgan fingerprint density at radius 3 is 3.17 bits per heavy atom. The Labute approximate surface area is 112 Å². The number of amides is 1. The Morgan fingerprint density at radius 2 is 2.44 bits per heavy atom. The third-order valence-electron chi connectivity index (χ3n) is 2.88. The zero-order chi connectivity index (χ0) is 13.0. The van der Waals surface area contributed by atoms with E-state index >= 15 is 0 Å². The third kappa shape index (κ3) is 3.62. The van der Waals surface area contributed by atoms with Crippen molar-refractivity contribution in [2.45, 2.75) is 13.0 Å². The maximum Gasteiger partial charge on any atom is 0.260 e. The van der Waals surface area contributed by atoms with Crippen molar-refractivity contribution in [3.63, 3.8) is 0 Å². The van der Waals surface area contributed by atoms with Crippen molar-refractivity contribution in [2.75, 3.05) is 26.2 Å². The average molecular weight is 269 g/mol. The molecule has 4 nitrogen and oxygen atoms in total. The molecular formula is C13H17ClN2O2. The van der Waals surface area contributed by atoms with Crippen molar-refractivity contribution < 1.29 is 9.53 Å². The summed E-state index contributed by atoms with van der Waals surface area (Å²) in [5, 5.41) is 3.90. The molecule has 1 fully saturated rings. The summed E-state index contributed by atoms with van der Waals surface area (Å²) >= 11 is 5.84. The molecule has 0 saturated carbocycles. The van der Waals surface area contributed by atoms with Crippen molar-refractivity contribution in [3.05, 3.63) is 29.3 Å². The smallest absolute Gasteiger partial charge is 0.260 e. The van der Waals surface area contributed by atoms with Gasteiger partial charge in [-0.1, -0.05) is 17.7 Å². The molecule has 18 heavy (non-hydrogen) atoms. The van der Waals surface area contributed by atoms with Crippen LogP contribution in [0.2, 0.25) is 5.02 Å². The maximum atomic E-state index is 11.9. The topological polar surface area (TPSA) is 41.6 Å². The van der Waals surface area contributed by atoms with E-state index in [1.54, 1.807) is 24.3 Å². The number of benzene rings is 1. The summed E-state index contributed by atoms with van der Waals surface area (Å²) in [5.74, 6) is 0.641. The lowest BCUT2D eigenvalue weighted by atomic mass is 10.2. The van der Waals surface area contributed by atoms with Gasteiger partial charge >= 0.3 is 0 Å². The van der Waals surface area contributed by atoms with Gasteiger partial charge in [-0.3, -0.25) is 4.79 Å². The zero-order valence-corrected chi connectivity index (χ0v) is 11.1. The normalized spacial score (nSPS) is 19.7. The number of carbonyl (C=O) groups excluding carboxylic acids is 1. The highest BCUT2D eigenvalue weighted by Gasteiger charge is 2.20. The lowest BCUT2D eigenvalue weighted by Crippen LogP contribution is -2.52. The van der Waals surface area contributed by atoms with E-state index in [1.165, 1.54) is 0 Å². The van der Waals surface area contributed by atoms with E-state index in [0.717, 1.165) is 19.6 Å². The molecule has 0 aromatic heterocycles. The molecule has 0 aliphatic carbocycles.